The van der Waals surface area contributed by atoms with Gasteiger partial charge in [0.15, 0.2) is 5.78 Å². The van der Waals surface area contributed by atoms with E-state index in [1.165, 1.54) is 25.1 Å². The average Bonchev–Trinajstić information content (AvgIpc) is 2.55. The van der Waals surface area contributed by atoms with Gasteiger partial charge in [-0.15, -0.1) is 0 Å². The third kappa shape index (κ3) is 3.13. The van der Waals surface area contributed by atoms with Crippen LogP contribution in [0.3, 0.4) is 0 Å². The molecule has 0 spiro atoms. The van der Waals surface area contributed by atoms with Crippen LogP contribution in [-0.2, 0) is 0 Å². The van der Waals surface area contributed by atoms with Crippen molar-refractivity contribution < 1.29 is 18.3 Å². The van der Waals surface area contributed by atoms with Crippen LogP contribution < -0.4 is 10.3 Å². The predicted octanol–water partition coefficient (Wildman–Crippen LogP) is 4.02. The molecule has 0 aliphatic heterocycles. The van der Waals surface area contributed by atoms with Crippen LogP contribution >= 0.6 is 0 Å². The molecule has 3 aromatic rings. The second-order valence-corrected chi connectivity index (χ2v) is 5.01. The van der Waals surface area contributed by atoms with Crippen molar-refractivity contribution in [2.75, 3.05) is 7.11 Å². The Hall–Kier alpha value is -2.95. The minimum absolute atomic E-state index is 0.196. The first kappa shape index (κ1) is 15.0. The molecule has 0 radical (unpaired) electrons. The van der Waals surface area contributed by atoms with Crippen molar-refractivity contribution in [3.63, 3.8) is 0 Å². The maximum atomic E-state index is 13.3. The summed E-state index contributed by atoms with van der Waals surface area (Å²) in [5.74, 6) is 0.121. The van der Waals surface area contributed by atoms with Crippen LogP contribution in [0.4, 0.5) is 10.1 Å². The number of benzene rings is 2. The number of ether oxygens (including phenoxy) is 1. The van der Waals surface area contributed by atoms with Gasteiger partial charge < -0.3 is 9.15 Å². The smallest absolute Gasteiger partial charge is 0.230 e. The maximum Gasteiger partial charge on any atom is 0.230 e. The van der Waals surface area contributed by atoms with Crippen LogP contribution in [0.5, 0.6) is 5.75 Å². The van der Waals surface area contributed by atoms with Gasteiger partial charge in [0.1, 0.15) is 17.1 Å². The molecule has 0 bridgehead atoms. The van der Waals surface area contributed by atoms with E-state index in [0.29, 0.717) is 28.0 Å². The monoisotopic (exact) mass is 311 g/mol. The zero-order valence-corrected chi connectivity index (χ0v) is 12.7. The lowest BCUT2D eigenvalue weighted by Gasteiger charge is -2.03. The average molecular weight is 311 g/mol. The van der Waals surface area contributed by atoms with Crippen LogP contribution in [0.1, 0.15) is 17.3 Å². The number of nitrogens with zero attached hydrogens (tertiary/aromatic N) is 1. The van der Waals surface area contributed by atoms with Crippen molar-refractivity contribution in [1.29, 1.82) is 0 Å². The predicted molar refractivity (Wildman–Crippen MR) is 84.4 cm³/mol. The quantitative estimate of drug-likeness (QED) is 0.687. The Bertz CT molecular complexity index is 943. The number of methoxy groups -OCH3 is 1. The molecule has 4 nitrogen and oxygen atoms in total. The van der Waals surface area contributed by atoms with E-state index in [-0.39, 0.29) is 17.2 Å². The van der Waals surface area contributed by atoms with E-state index in [2.05, 4.69) is 4.99 Å². The second kappa shape index (κ2) is 6.04. The third-order valence-electron chi connectivity index (χ3n) is 3.39. The van der Waals surface area contributed by atoms with Crippen molar-refractivity contribution in [2.24, 2.45) is 4.99 Å². The summed E-state index contributed by atoms with van der Waals surface area (Å²) in [4.78, 5) is 16.2. The van der Waals surface area contributed by atoms with E-state index in [1.54, 1.807) is 37.4 Å². The van der Waals surface area contributed by atoms with E-state index in [0.717, 1.165) is 0 Å². The van der Waals surface area contributed by atoms with Gasteiger partial charge in [-0.2, -0.15) is 0 Å². The fraction of sp³-hybridized carbons (Fsp3) is 0.111. The van der Waals surface area contributed by atoms with Gasteiger partial charge in [0, 0.05) is 5.39 Å². The van der Waals surface area contributed by atoms with Gasteiger partial charge >= 0.3 is 0 Å². The molecule has 0 atom stereocenters. The lowest BCUT2D eigenvalue weighted by atomic mass is 10.1. The molecule has 0 unspecified atom stereocenters. The van der Waals surface area contributed by atoms with Crippen molar-refractivity contribution in [3.05, 3.63) is 65.5 Å². The minimum atomic E-state index is -0.387. The Morgan fingerprint density at radius 2 is 1.87 bits per heavy atom. The van der Waals surface area contributed by atoms with Crippen LogP contribution in [-0.4, -0.2) is 12.9 Å². The number of fused-ring (bicyclic) bond motifs is 1. The molecular weight excluding hydrogens is 297 g/mol. The highest BCUT2D eigenvalue weighted by Crippen LogP contribution is 2.19. The molecule has 1 aromatic heterocycles. The number of carbonyl (C=O) groups is 1. The molecule has 116 valence electrons. The summed E-state index contributed by atoms with van der Waals surface area (Å²) < 4.78 is 24.1. The normalized spacial score (nSPS) is 11.7. The standard InChI is InChI=1S/C18H14FNO3/c1-11(21)16-10-12-9-13(19)3-8-17(12)23-18(16)20-14-4-6-15(22-2)7-5-14/h3-10H,1-2H3/b20-18-. The summed E-state index contributed by atoms with van der Waals surface area (Å²) in [5, 5.41) is 0.517. The molecule has 0 aliphatic carbocycles. The van der Waals surface area contributed by atoms with Crippen molar-refractivity contribution >= 4 is 22.4 Å². The van der Waals surface area contributed by atoms with Gasteiger partial charge in [0.2, 0.25) is 5.55 Å². The zero-order valence-electron chi connectivity index (χ0n) is 12.7. The summed E-state index contributed by atoms with van der Waals surface area (Å²) >= 11 is 0. The van der Waals surface area contributed by atoms with Gasteiger partial charge in [-0.25, -0.2) is 9.38 Å². The number of Topliss-reactive ketones (excluding diaryl/α,β-unsaturated/α-hetero) is 1. The summed E-state index contributed by atoms with van der Waals surface area (Å²) in [6.07, 6.45) is 0. The SMILES string of the molecule is COc1ccc(/N=c2\oc3ccc(F)cc3cc2C(C)=O)cc1. The number of ketones is 1. The Kier molecular flexibility index (Phi) is 3.93. The second-order valence-electron chi connectivity index (χ2n) is 5.01. The highest BCUT2D eigenvalue weighted by Gasteiger charge is 2.09. The molecule has 0 aliphatic rings. The first-order chi connectivity index (χ1) is 11.1. The van der Waals surface area contributed by atoms with E-state index in [4.69, 9.17) is 9.15 Å². The Balaban J connectivity index is 2.21. The molecule has 0 saturated heterocycles. The van der Waals surface area contributed by atoms with Crippen molar-refractivity contribution in [2.45, 2.75) is 6.92 Å². The fourth-order valence-electron chi connectivity index (χ4n) is 2.21. The lowest BCUT2D eigenvalue weighted by molar-refractivity contribution is 0.101. The number of halogens is 1. The molecule has 2 aromatic carbocycles. The molecule has 5 heteroatoms. The van der Waals surface area contributed by atoms with E-state index in [9.17, 15) is 9.18 Å². The van der Waals surface area contributed by atoms with E-state index < -0.39 is 0 Å². The topological polar surface area (TPSA) is 51.8 Å². The molecule has 0 saturated carbocycles. The Labute approximate surface area is 131 Å². The van der Waals surface area contributed by atoms with Gasteiger partial charge in [-0.1, -0.05) is 0 Å². The van der Waals surface area contributed by atoms with Crippen molar-refractivity contribution in [3.8, 4) is 5.75 Å². The summed E-state index contributed by atoms with van der Waals surface area (Å²) in [6, 6.07) is 12.8. The van der Waals surface area contributed by atoms with E-state index >= 15 is 0 Å². The Morgan fingerprint density at radius 3 is 2.52 bits per heavy atom. The lowest BCUT2D eigenvalue weighted by Crippen LogP contribution is -2.13. The number of rotatable bonds is 3. The highest BCUT2D eigenvalue weighted by atomic mass is 19.1. The summed E-state index contributed by atoms with van der Waals surface area (Å²) in [5.41, 5.74) is 1.59. The summed E-state index contributed by atoms with van der Waals surface area (Å²) in [6.45, 7) is 1.42. The third-order valence-corrected chi connectivity index (χ3v) is 3.39. The van der Waals surface area contributed by atoms with Crippen LogP contribution in [0.25, 0.3) is 11.0 Å². The van der Waals surface area contributed by atoms with Gasteiger partial charge in [-0.3, -0.25) is 4.79 Å². The molecule has 0 amide bonds. The molecule has 0 N–H and O–H groups in total. The molecule has 0 fully saturated rings. The van der Waals surface area contributed by atoms with Crippen LogP contribution in [0.15, 0.2) is 57.9 Å². The van der Waals surface area contributed by atoms with Gasteiger partial charge in [0.05, 0.1) is 18.4 Å². The molecule has 3 rings (SSSR count). The summed E-state index contributed by atoms with van der Waals surface area (Å²) in [7, 11) is 1.58. The van der Waals surface area contributed by atoms with Gasteiger partial charge in [-0.05, 0) is 55.5 Å². The first-order valence-corrected chi connectivity index (χ1v) is 7.00. The van der Waals surface area contributed by atoms with Crippen molar-refractivity contribution in [1.82, 2.24) is 0 Å². The fourth-order valence-corrected chi connectivity index (χ4v) is 2.21. The zero-order chi connectivity index (χ0) is 16.4. The van der Waals surface area contributed by atoms with Crippen LogP contribution in [0.2, 0.25) is 0 Å². The number of hydrogen-bond donors (Lipinski definition) is 0. The Morgan fingerprint density at radius 1 is 1.13 bits per heavy atom. The molecular formula is C18H14FNO3. The number of carbonyl (C=O) groups excluding carboxylic acids is 1. The highest BCUT2D eigenvalue weighted by molar-refractivity contribution is 5.96. The maximum absolute atomic E-state index is 13.3. The molecule has 1 heterocycles. The number of hydrogen-bond acceptors (Lipinski definition) is 4. The van der Waals surface area contributed by atoms with Gasteiger partial charge in [0.25, 0.3) is 0 Å². The minimum Gasteiger partial charge on any atom is -0.497 e. The molecule has 23 heavy (non-hydrogen) atoms. The van der Waals surface area contributed by atoms with E-state index in [1.807, 2.05) is 0 Å². The largest absolute Gasteiger partial charge is 0.497 e. The van der Waals surface area contributed by atoms with Crippen LogP contribution in [0, 0.1) is 5.82 Å². The first-order valence-electron chi connectivity index (χ1n) is 7.00.